The third kappa shape index (κ3) is 4.23. The number of anilines is 1. The topological polar surface area (TPSA) is 29.1 Å². The van der Waals surface area contributed by atoms with Crippen LogP contribution in [0.15, 0.2) is 46.9 Å². The summed E-state index contributed by atoms with van der Waals surface area (Å²) >= 11 is 15.1. The molecule has 0 radical (unpaired) electrons. The van der Waals surface area contributed by atoms with E-state index in [2.05, 4.69) is 21.2 Å². The first-order valence-electron chi connectivity index (χ1n) is 5.54. The molecule has 2 nitrogen and oxygen atoms in total. The van der Waals surface area contributed by atoms with Crippen LogP contribution in [-0.4, -0.2) is 5.91 Å². The van der Waals surface area contributed by atoms with Crippen LogP contribution < -0.4 is 5.32 Å². The summed E-state index contributed by atoms with van der Waals surface area (Å²) < 4.78 is 0.796. The van der Waals surface area contributed by atoms with Gasteiger partial charge in [0.15, 0.2) is 0 Å². The van der Waals surface area contributed by atoms with Crippen molar-refractivity contribution in [1.82, 2.24) is 0 Å². The van der Waals surface area contributed by atoms with Crippen LogP contribution in [0.25, 0.3) is 0 Å². The summed E-state index contributed by atoms with van der Waals surface area (Å²) in [4.78, 5) is 11.9. The molecule has 0 heterocycles. The molecule has 0 saturated carbocycles. The summed E-state index contributed by atoms with van der Waals surface area (Å²) in [5.74, 6) is -0.0966. The molecule has 0 aliphatic rings. The van der Waals surface area contributed by atoms with Crippen molar-refractivity contribution in [1.29, 1.82) is 0 Å². The highest BCUT2D eigenvalue weighted by atomic mass is 79.9. The SMILES string of the molecule is O=C(Cc1ccc(Cl)cc1)Nc1ccc(Br)c(Cl)c1. The summed E-state index contributed by atoms with van der Waals surface area (Å²) in [6.07, 6.45) is 0.296. The van der Waals surface area contributed by atoms with Crippen molar-refractivity contribution >= 4 is 50.7 Å². The van der Waals surface area contributed by atoms with Gasteiger partial charge in [-0.25, -0.2) is 0 Å². The molecule has 98 valence electrons. The number of rotatable bonds is 3. The van der Waals surface area contributed by atoms with Crippen LogP contribution >= 0.6 is 39.1 Å². The van der Waals surface area contributed by atoms with E-state index in [-0.39, 0.29) is 5.91 Å². The van der Waals surface area contributed by atoms with Crippen LogP contribution in [-0.2, 0) is 11.2 Å². The van der Waals surface area contributed by atoms with E-state index in [1.54, 1.807) is 30.3 Å². The first kappa shape index (κ1) is 14.4. The predicted octanol–water partition coefficient (Wildman–Crippen LogP) is 4.94. The van der Waals surface area contributed by atoms with Crippen LogP contribution in [0.1, 0.15) is 5.56 Å². The zero-order valence-electron chi connectivity index (χ0n) is 9.79. The second-order valence-corrected chi connectivity index (χ2v) is 5.68. The van der Waals surface area contributed by atoms with Gasteiger partial charge in [-0.1, -0.05) is 35.3 Å². The first-order valence-corrected chi connectivity index (χ1v) is 7.09. The first-order chi connectivity index (χ1) is 9.04. The van der Waals surface area contributed by atoms with Gasteiger partial charge in [-0.15, -0.1) is 0 Å². The summed E-state index contributed by atoms with van der Waals surface area (Å²) in [7, 11) is 0. The number of carbonyl (C=O) groups is 1. The zero-order valence-corrected chi connectivity index (χ0v) is 12.9. The van der Waals surface area contributed by atoms with Crippen LogP contribution in [0.3, 0.4) is 0 Å². The van der Waals surface area contributed by atoms with E-state index >= 15 is 0 Å². The van der Waals surface area contributed by atoms with Crippen molar-refractivity contribution < 1.29 is 4.79 Å². The highest BCUT2D eigenvalue weighted by molar-refractivity contribution is 9.10. The van der Waals surface area contributed by atoms with Gasteiger partial charge in [0.2, 0.25) is 5.91 Å². The standard InChI is InChI=1S/C14H10BrCl2NO/c15-12-6-5-11(8-13(12)17)18-14(19)7-9-1-3-10(16)4-2-9/h1-6,8H,7H2,(H,18,19). The fourth-order valence-electron chi connectivity index (χ4n) is 1.57. The molecule has 0 unspecified atom stereocenters. The fraction of sp³-hybridized carbons (Fsp3) is 0.0714. The third-order valence-electron chi connectivity index (χ3n) is 2.48. The highest BCUT2D eigenvalue weighted by Crippen LogP contribution is 2.25. The van der Waals surface area contributed by atoms with Gasteiger partial charge < -0.3 is 5.32 Å². The number of hydrogen-bond donors (Lipinski definition) is 1. The van der Waals surface area contributed by atoms with Gasteiger partial charge >= 0.3 is 0 Å². The maximum atomic E-state index is 11.9. The van der Waals surface area contributed by atoms with E-state index in [0.717, 1.165) is 10.0 Å². The number of amides is 1. The van der Waals surface area contributed by atoms with Gasteiger partial charge in [0.25, 0.3) is 0 Å². The minimum absolute atomic E-state index is 0.0966. The number of benzene rings is 2. The summed E-state index contributed by atoms with van der Waals surface area (Å²) in [5.41, 5.74) is 1.58. The van der Waals surface area contributed by atoms with Crippen LogP contribution in [0, 0.1) is 0 Å². The Labute approximate surface area is 129 Å². The van der Waals surface area contributed by atoms with Crippen molar-refractivity contribution in [3.05, 3.63) is 62.5 Å². The van der Waals surface area contributed by atoms with Crippen molar-refractivity contribution in [2.45, 2.75) is 6.42 Å². The third-order valence-corrected chi connectivity index (χ3v) is 3.97. The minimum Gasteiger partial charge on any atom is -0.326 e. The van der Waals surface area contributed by atoms with Crippen LogP contribution in [0.5, 0.6) is 0 Å². The zero-order chi connectivity index (χ0) is 13.8. The lowest BCUT2D eigenvalue weighted by Gasteiger charge is -2.06. The monoisotopic (exact) mass is 357 g/mol. The molecular weight excluding hydrogens is 349 g/mol. The summed E-state index contributed by atoms with van der Waals surface area (Å²) in [6, 6.07) is 12.5. The molecule has 2 aromatic rings. The normalized spacial score (nSPS) is 10.3. The summed E-state index contributed by atoms with van der Waals surface area (Å²) in [5, 5.41) is 4.01. The van der Waals surface area contributed by atoms with Crippen molar-refractivity contribution in [2.24, 2.45) is 0 Å². The van der Waals surface area contributed by atoms with Gasteiger partial charge in [0.1, 0.15) is 0 Å². The molecule has 0 atom stereocenters. The molecule has 5 heteroatoms. The predicted molar refractivity (Wildman–Crippen MR) is 82.9 cm³/mol. The number of hydrogen-bond acceptors (Lipinski definition) is 1. The molecule has 1 amide bonds. The molecule has 1 N–H and O–H groups in total. The number of nitrogens with one attached hydrogen (secondary N) is 1. The van der Waals surface area contributed by atoms with E-state index < -0.39 is 0 Å². The Morgan fingerprint density at radius 2 is 1.79 bits per heavy atom. The second kappa shape index (κ2) is 6.42. The Bertz CT molecular complexity index is 599. The Balaban J connectivity index is 2.01. The fourth-order valence-corrected chi connectivity index (χ4v) is 2.12. The largest absolute Gasteiger partial charge is 0.326 e. The average molecular weight is 359 g/mol. The number of halogens is 3. The van der Waals surface area contributed by atoms with Gasteiger partial charge in [0.05, 0.1) is 11.4 Å². The van der Waals surface area contributed by atoms with Crippen LogP contribution in [0.2, 0.25) is 10.0 Å². The van der Waals surface area contributed by atoms with Crippen LogP contribution in [0.4, 0.5) is 5.69 Å². The molecule has 0 spiro atoms. The molecule has 0 aliphatic carbocycles. The highest BCUT2D eigenvalue weighted by Gasteiger charge is 2.05. The van der Waals surface area contributed by atoms with Crippen molar-refractivity contribution in [2.75, 3.05) is 5.32 Å². The Morgan fingerprint density at radius 1 is 1.11 bits per heavy atom. The Hall–Kier alpha value is -1.03. The summed E-state index contributed by atoms with van der Waals surface area (Å²) in [6.45, 7) is 0. The van der Waals surface area contributed by atoms with Gasteiger partial charge in [-0.05, 0) is 51.8 Å². The Kier molecular flexibility index (Phi) is 4.86. The number of carbonyl (C=O) groups excluding carboxylic acids is 1. The lowest BCUT2D eigenvalue weighted by molar-refractivity contribution is -0.115. The van der Waals surface area contributed by atoms with E-state index in [0.29, 0.717) is 22.2 Å². The second-order valence-electron chi connectivity index (χ2n) is 3.98. The molecule has 2 rings (SSSR count). The Morgan fingerprint density at radius 3 is 2.42 bits per heavy atom. The molecule has 0 bridgehead atoms. The van der Waals surface area contributed by atoms with E-state index in [4.69, 9.17) is 23.2 Å². The maximum absolute atomic E-state index is 11.9. The van der Waals surface area contributed by atoms with Gasteiger partial charge in [0, 0.05) is 15.2 Å². The molecule has 0 saturated heterocycles. The van der Waals surface area contributed by atoms with E-state index in [1.165, 1.54) is 0 Å². The quantitative estimate of drug-likeness (QED) is 0.827. The average Bonchev–Trinajstić information content (AvgIpc) is 2.37. The molecule has 0 aromatic heterocycles. The maximum Gasteiger partial charge on any atom is 0.228 e. The van der Waals surface area contributed by atoms with E-state index in [9.17, 15) is 4.79 Å². The molecular formula is C14H10BrCl2NO. The smallest absolute Gasteiger partial charge is 0.228 e. The van der Waals surface area contributed by atoms with Crippen molar-refractivity contribution in [3.63, 3.8) is 0 Å². The molecule has 19 heavy (non-hydrogen) atoms. The lowest BCUT2D eigenvalue weighted by atomic mass is 10.1. The van der Waals surface area contributed by atoms with Gasteiger partial charge in [-0.2, -0.15) is 0 Å². The molecule has 0 fully saturated rings. The lowest BCUT2D eigenvalue weighted by Crippen LogP contribution is -2.14. The molecule has 0 aliphatic heterocycles. The molecule has 2 aromatic carbocycles. The van der Waals surface area contributed by atoms with E-state index in [1.807, 2.05) is 12.1 Å². The van der Waals surface area contributed by atoms with Crippen molar-refractivity contribution in [3.8, 4) is 0 Å². The minimum atomic E-state index is -0.0966. The van der Waals surface area contributed by atoms with Gasteiger partial charge in [-0.3, -0.25) is 4.79 Å².